The van der Waals surface area contributed by atoms with Crippen molar-refractivity contribution in [2.45, 2.75) is 52.1 Å². The summed E-state index contributed by atoms with van der Waals surface area (Å²) in [5, 5.41) is 0. The molecule has 0 spiro atoms. The molecule has 2 N–H and O–H groups in total. The summed E-state index contributed by atoms with van der Waals surface area (Å²) in [5.74, 6) is 0.650. The molecule has 0 saturated heterocycles. The predicted octanol–water partition coefficient (Wildman–Crippen LogP) is 2.89. The van der Waals surface area contributed by atoms with E-state index < -0.39 is 5.67 Å². The molecule has 12 heavy (non-hydrogen) atoms. The lowest BCUT2D eigenvalue weighted by atomic mass is 9.96. The van der Waals surface area contributed by atoms with E-state index in [1.807, 2.05) is 0 Å². The minimum Gasteiger partial charge on any atom is -0.330 e. The van der Waals surface area contributed by atoms with Gasteiger partial charge in [0.15, 0.2) is 0 Å². The van der Waals surface area contributed by atoms with Crippen molar-refractivity contribution in [2.75, 3.05) is 6.54 Å². The number of alkyl halides is 1. The Bertz CT molecular complexity index is 107. The molecule has 0 aromatic heterocycles. The van der Waals surface area contributed by atoms with E-state index in [9.17, 15) is 4.39 Å². The first kappa shape index (κ1) is 11.9. The van der Waals surface area contributed by atoms with E-state index in [2.05, 4.69) is 6.92 Å². The molecule has 0 aromatic rings. The second-order valence-corrected chi connectivity index (χ2v) is 4.29. The van der Waals surface area contributed by atoms with Crippen molar-refractivity contribution < 1.29 is 4.39 Å². The fraction of sp³-hybridized carbons (Fsp3) is 1.00. The molecule has 0 aliphatic heterocycles. The van der Waals surface area contributed by atoms with Crippen LogP contribution in [0.1, 0.15) is 46.5 Å². The van der Waals surface area contributed by atoms with Gasteiger partial charge in [0.2, 0.25) is 0 Å². The molecule has 0 amide bonds. The molecule has 2 heteroatoms. The summed E-state index contributed by atoms with van der Waals surface area (Å²) in [6.07, 6.45) is 3.81. The maximum absolute atomic E-state index is 13.0. The molecule has 74 valence electrons. The first-order chi connectivity index (χ1) is 5.45. The highest BCUT2D eigenvalue weighted by Gasteiger charge is 2.14. The molecule has 0 bridgehead atoms. The smallest absolute Gasteiger partial charge is 0.105 e. The Balaban J connectivity index is 3.31. The summed E-state index contributed by atoms with van der Waals surface area (Å²) in [6.45, 7) is 6.21. The van der Waals surface area contributed by atoms with Gasteiger partial charge in [0.25, 0.3) is 0 Å². The molecule has 0 saturated carbocycles. The van der Waals surface area contributed by atoms with Gasteiger partial charge in [-0.3, -0.25) is 0 Å². The Labute approximate surface area is 75.5 Å². The summed E-state index contributed by atoms with van der Waals surface area (Å²) in [7, 11) is 0. The fourth-order valence-electron chi connectivity index (χ4n) is 1.30. The highest BCUT2D eigenvalue weighted by molar-refractivity contribution is 4.66. The van der Waals surface area contributed by atoms with Gasteiger partial charge in [-0.15, -0.1) is 0 Å². The van der Waals surface area contributed by atoms with Crippen molar-refractivity contribution in [1.29, 1.82) is 0 Å². The molecule has 1 unspecified atom stereocenters. The number of rotatable bonds is 6. The molecule has 0 aromatic carbocycles. The molecule has 0 heterocycles. The van der Waals surface area contributed by atoms with Gasteiger partial charge < -0.3 is 5.73 Å². The summed E-state index contributed by atoms with van der Waals surface area (Å²) in [4.78, 5) is 0. The maximum atomic E-state index is 13.0. The lowest BCUT2D eigenvalue weighted by Gasteiger charge is -2.15. The first-order valence-corrected chi connectivity index (χ1v) is 4.84. The van der Waals surface area contributed by atoms with Crippen LogP contribution in [0.3, 0.4) is 0 Å². The lowest BCUT2D eigenvalue weighted by molar-refractivity contribution is 0.192. The quantitative estimate of drug-likeness (QED) is 0.660. The molecular weight excluding hydrogens is 153 g/mol. The van der Waals surface area contributed by atoms with Gasteiger partial charge in [0, 0.05) is 0 Å². The molecule has 1 nitrogen and oxygen atoms in total. The van der Waals surface area contributed by atoms with Crippen molar-refractivity contribution in [2.24, 2.45) is 11.7 Å². The fourth-order valence-corrected chi connectivity index (χ4v) is 1.30. The average Bonchev–Trinajstić information content (AvgIpc) is 1.84. The second kappa shape index (κ2) is 5.52. The van der Waals surface area contributed by atoms with E-state index in [1.54, 1.807) is 13.8 Å². The number of hydrogen-bond acceptors (Lipinski definition) is 1. The molecule has 0 radical (unpaired) electrons. The van der Waals surface area contributed by atoms with Gasteiger partial charge >= 0.3 is 0 Å². The van der Waals surface area contributed by atoms with E-state index in [4.69, 9.17) is 5.73 Å². The molecular formula is C10H22FN. The zero-order valence-corrected chi connectivity index (χ0v) is 8.57. The van der Waals surface area contributed by atoms with E-state index in [0.29, 0.717) is 12.3 Å². The van der Waals surface area contributed by atoms with Crippen molar-refractivity contribution in [3.8, 4) is 0 Å². The van der Waals surface area contributed by atoms with Crippen LogP contribution in [0.4, 0.5) is 4.39 Å². The minimum absolute atomic E-state index is 0.650. The number of halogens is 1. The molecule has 1 atom stereocenters. The summed E-state index contributed by atoms with van der Waals surface area (Å²) < 4.78 is 13.0. The van der Waals surface area contributed by atoms with Crippen LogP contribution in [0.5, 0.6) is 0 Å². The van der Waals surface area contributed by atoms with Gasteiger partial charge in [0.05, 0.1) is 0 Å². The van der Waals surface area contributed by atoms with Gasteiger partial charge in [0.1, 0.15) is 5.67 Å². The topological polar surface area (TPSA) is 26.0 Å². The van der Waals surface area contributed by atoms with Gasteiger partial charge in [-0.05, 0) is 39.2 Å². The third-order valence-corrected chi connectivity index (χ3v) is 2.13. The Morgan fingerprint density at radius 2 is 1.92 bits per heavy atom. The van der Waals surface area contributed by atoms with Crippen LogP contribution in [-0.2, 0) is 0 Å². The molecule has 0 aliphatic rings. The minimum atomic E-state index is -0.998. The van der Waals surface area contributed by atoms with Crippen LogP contribution < -0.4 is 5.73 Å². The van der Waals surface area contributed by atoms with Crippen molar-refractivity contribution >= 4 is 0 Å². The normalized spacial score (nSPS) is 14.8. The SMILES string of the molecule is CC(CCN)CCCC(C)(C)F. The zero-order valence-electron chi connectivity index (χ0n) is 8.57. The average molecular weight is 175 g/mol. The van der Waals surface area contributed by atoms with Crippen LogP contribution in [0, 0.1) is 5.92 Å². The van der Waals surface area contributed by atoms with Crippen LogP contribution >= 0.6 is 0 Å². The number of hydrogen-bond donors (Lipinski definition) is 1. The Hall–Kier alpha value is -0.110. The highest BCUT2D eigenvalue weighted by Crippen LogP contribution is 2.20. The highest BCUT2D eigenvalue weighted by atomic mass is 19.1. The standard InChI is InChI=1S/C10H22FN/c1-9(6-8-12)5-4-7-10(2,3)11/h9H,4-8,12H2,1-3H3. The summed E-state index contributed by atoms with van der Waals surface area (Å²) >= 11 is 0. The second-order valence-electron chi connectivity index (χ2n) is 4.29. The van der Waals surface area contributed by atoms with Crippen molar-refractivity contribution in [3.63, 3.8) is 0 Å². The Kier molecular flexibility index (Phi) is 5.47. The van der Waals surface area contributed by atoms with Crippen LogP contribution in [0.2, 0.25) is 0 Å². The lowest BCUT2D eigenvalue weighted by Crippen LogP contribution is -2.12. The summed E-state index contributed by atoms with van der Waals surface area (Å²) in [5.41, 5.74) is 4.42. The Morgan fingerprint density at radius 1 is 1.33 bits per heavy atom. The van der Waals surface area contributed by atoms with Crippen molar-refractivity contribution in [3.05, 3.63) is 0 Å². The van der Waals surface area contributed by atoms with Crippen LogP contribution in [-0.4, -0.2) is 12.2 Å². The van der Waals surface area contributed by atoms with Gasteiger partial charge in [-0.2, -0.15) is 0 Å². The van der Waals surface area contributed by atoms with E-state index >= 15 is 0 Å². The Morgan fingerprint density at radius 3 is 2.33 bits per heavy atom. The third-order valence-electron chi connectivity index (χ3n) is 2.13. The first-order valence-electron chi connectivity index (χ1n) is 4.84. The summed E-state index contributed by atoms with van der Waals surface area (Å²) in [6, 6.07) is 0. The third kappa shape index (κ3) is 7.99. The van der Waals surface area contributed by atoms with Crippen LogP contribution in [0.15, 0.2) is 0 Å². The van der Waals surface area contributed by atoms with Crippen molar-refractivity contribution in [1.82, 2.24) is 0 Å². The zero-order chi connectivity index (χ0) is 9.61. The predicted molar refractivity (Wildman–Crippen MR) is 51.9 cm³/mol. The number of nitrogens with two attached hydrogens (primary N) is 1. The monoisotopic (exact) mass is 175 g/mol. The van der Waals surface area contributed by atoms with E-state index in [0.717, 1.165) is 25.8 Å². The van der Waals surface area contributed by atoms with E-state index in [1.165, 1.54) is 0 Å². The maximum Gasteiger partial charge on any atom is 0.105 e. The van der Waals surface area contributed by atoms with E-state index in [-0.39, 0.29) is 0 Å². The van der Waals surface area contributed by atoms with Crippen LogP contribution in [0.25, 0.3) is 0 Å². The molecule has 0 aliphatic carbocycles. The molecule has 0 rings (SSSR count). The largest absolute Gasteiger partial charge is 0.330 e. The van der Waals surface area contributed by atoms with Gasteiger partial charge in [-0.1, -0.05) is 19.8 Å². The molecule has 0 fully saturated rings. The van der Waals surface area contributed by atoms with Gasteiger partial charge in [-0.25, -0.2) is 4.39 Å².